The average molecular weight is 504 g/mol. The van der Waals surface area contributed by atoms with Crippen LogP contribution in [0.15, 0.2) is 34.3 Å². The molecule has 0 saturated carbocycles. The van der Waals surface area contributed by atoms with E-state index in [1.54, 1.807) is 25.9 Å². The third kappa shape index (κ3) is 6.45. The molecule has 3 rings (SSSR count). The number of aliphatic imine (C=N–C) groups is 2. The van der Waals surface area contributed by atoms with Gasteiger partial charge in [0.05, 0.1) is 18.8 Å². The summed E-state index contributed by atoms with van der Waals surface area (Å²) in [5, 5.41) is 0. The van der Waals surface area contributed by atoms with Crippen LogP contribution in [0.5, 0.6) is 0 Å². The summed E-state index contributed by atoms with van der Waals surface area (Å²) in [5.41, 5.74) is 2.87. The molecule has 9 nitrogen and oxygen atoms in total. The van der Waals surface area contributed by atoms with Crippen LogP contribution in [0.1, 0.15) is 49.7 Å². The Balaban J connectivity index is 1.90. The minimum Gasteiger partial charge on any atom is -0.342 e. The molecule has 0 radical (unpaired) electrons. The molecule has 2 aromatic rings. The van der Waals surface area contributed by atoms with Crippen molar-refractivity contribution in [3.05, 3.63) is 35.5 Å². The fraction of sp³-hybridized carbons (Fsp3) is 0.464. The zero-order chi connectivity index (χ0) is 26.9. The van der Waals surface area contributed by atoms with E-state index in [0.717, 1.165) is 42.9 Å². The van der Waals surface area contributed by atoms with Gasteiger partial charge in [0, 0.05) is 45.0 Å². The SMILES string of the molecule is C=Nc1ccccc1C(C)=NCCN(C)C(=O)c1c(N(C)C=O)nc(N2CCCC(C)C2)n1CC#CC. The number of aromatic nitrogens is 2. The summed E-state index contributed by atoms with van der Waals surface area (Å²) < 4.78 is 1.85. The molecule has 1 aromatic heterocycles. The zero-order valence-corrected chi connectivity index (χ0v) is 22.6. The quantitative estimate of drug-likeness (QED) is 0.281. The Bertz CT molecular complexity index is 1220. The lowest BCUT2D eigenvalue weighted by Gasteiger charge is -2.32. The van der Waals surface area contributed by atoms with Crippen LogP contribution in [-0.2, 0) is 11.3 Å². The van der Waals surface area contributed by atoms with Crippen molar-refractivity contribution in [1.29, 1.82) is 0 Å². The highest BCUT2D eigenvalue weighted by Gasteiger charge is 2.30. The summed E-state index contributed by atoms with van der Waals surface area (Å²) in [6.45, 7) is 12.4. The second-order valence-electron chi connectivity index (χ2n) is 9.38. The van der Waals surface area contributed by atoms with Crippen LogP contribution in [0, 0.1) is 17.8 Å². The summed E-state index contributed by atoms with van der Waals surface area (Å²) in [6, 6.07) is 7.69. The van der Waals surface area contributed by atoms with Crippen molar-refractivity contribution < 1.29 is 9.59 Å². The van der Waals surface area contributed by atoms with Gasteiger partial charge in [-0.15, -0.1) is 5.92 Å². The first kappa shape index (κ1) is 27.7. The van der Waals surface area contributed by atoms with Crippen molar-refractivity contribution in [2.45, 2.75) is 40.2 Å². The molecular weight excluding hydrogens is 466 g/mol. The highest BCUT2D eigenvalue weighted by Crippen LogP contribution is 2.30. The number of para-hydroxylation sites is 1. The molecular formula is C28H37N7O2. The van der Waals surface area contributed by atoms with E-state index >= 15 is 0 Å². The number of amides is 2. The van der Waals surface area contributed by atoms with Gasteiger partial charge in [-0.25, -0.2) is 0 Å². The Hall–Kier alpha value is -3.93. The number of piperidine rings is 1. The number of benzene rings is 1. The third-order valence-corrected chi connectivity index (χ3v) is 6.57. The van der Waals surface area contributed by atoms with Crippen LogP contribution in [0.4, 0.5) is 17.5 Å². The maximum atomic E-state index is 13.8. The highest BCUT2D eigenvalue weighted by atomic mass is 16.2. The molecule has 1 unspecified atom stereocenters. The summed E-state index contributed by atoms with van der Waals surface area (Å²) in [6.07, 6.45) is 2.89. The van der Waals surface area contributed by atoms with E-state index in [1.165, 1.54) is 4.90 Å². The third-order valence-electron chi connectivity index (χ3n) is 6.57. The molecule has 0 bridgehead atoms. The summed E-state index contributed by atoms with van der Waals surface area (Å²) in [7, 11) is 3.35. The van der Waals surface area contributed by atoms with E-state index < -0.39 is 0 Å². The van der Waals surface area contributed by atoms with E-state index in [2.05, 4.69) is 40.4 Å². The first-order valence-electron chi connectivity index (χ1n) is 12.6. The molecule has 37 heavy (non-hydrogen) atoms. The Morgan fingerprint density at radius 1 is 1.32 bits per heavy atom. The van der Waals surface area contributed by atoms with Gasteiger partial charge in [-0.1, -0.05) is 31.0 Å². The van der Waals surface area contributed by atoms with Gasteiger partial charge >= 0.3 is 0 Å². The van der Waals surface area contributed by atoms with Gasteiger partial charge in [0.2, 0.25) is 12.4 Å². The standard InChI is InChI=1S/C28H37N7O2/c1-7-8-17-35-25(26(33(6)20-36)31-28(35)34-16-11-12-21(2)19-34)27(37)32(5)18-15-30-22(3)23-13-9-10-14-24(23)29-4/h9-10,13-14,20-21H,4,11-12,15-19H2,1-3,5-6H3. The lowest BCUT2D eigenvalue weighted by atomic mass is 10.0. The largest absolute Gasteiger partial charge is 0.342 e. The Morgan fingerprint density at radius 3 is 2.76 bits per heavy atom. The predicted molar refractivity (Wildman–Crippen MR) is 150 cm³/mol. The van der Waals surface area contributed by atoms with Crippen LogP contribution < -0.4 is 9.80 Å². The zero-order valence-electron chi connectivity index (χ0n) is 22.6. The maximum absolute atomic E-state index is 13.8. The highest BCUT2D eigenvalue weighted by molar-refractivity contribution is 6.03. The number of anilines is 2. The summed E-state index contributed by atoms with van der Waals surface area (Å²) >= 11 is 0. The van der Waals surface area contributed by atoms with Gasteiger partial charge in [0.25, 0.3) is 5.91 Å². The topological polar surface area (TPSA) is 86.4 Å². The first-order valence-corrected chi connectivity index (χ1v) is 12.6. The Morgan fingerprint density at radius 2 is 2.08 bits per heavy atom. The van der Waals surface area contributed by atoms with Crippen LogP contribution in [0.3, 0.4) is 0 Å². The number of carbonyl (C=O) groups excluding carboxylic acids is 2. The molecule has 0 N–H and O–H groups in total. The minimum atomic E-state index is -0.230. The molecule has 1 aliphatic rings. The molecule has 2 amide bonds. The number of imidazole rings is 1. The van der Waals surface area contributed by atoms with Crippen LogP contribution in [0.25, 0.3) is 0 Å². The molecule has 9 heteroatoms. The molecule has 0 spiro atoms. The van der Waals surface area contributed by atoms with E-state index in [-0.39, 0.29) is 5.91 Å². The average Bonchev–Trinajstić information content (AvgIpc) is 3.30. The summed E-state index contributed by atoms with van der Waals surface area (Å²) in [5.74, 6) is 7.30. The molecule has 1 saturated heterocycles. The lowest BCUT2D eigenvalue weighted by Crippen LogP contribution is -2.37. The van der Waals surface area contributed by atoms with Crippen LogP contribution >= 0.6 is 0 Å². The second-order valence-corrected chi connectivity index (χ2v) is 9.38. The van der Waals surface area contributed by atoms with E-state index in [9.17, 15) is 9.59 Å². The van der Waals surface area contributed by atoms with Crippen molar-refractivity contribution in [1.82, 2.24) is 14.5 Å². The van der Waals surface area contributed by atoms with Crippen LogP contribution in [-0.4, -0.2) is 79.5 Å². The molecule has 1 fully saturated rings. The van der Waals surface area contributed by atoms with Crippen LogP contribution in [0.2, 0.25) is 0 Å². The lowest BCUT2D eigenvalue weighted by molar-refractivity contribution is -0.107. The second kappa shape index (κ2) is 12.9. The number of rotatable bonds is 10. The number of likely N-dealkylation sites (N-methyl/N-ethyl adjacent to an activating group) is 1. The predicted octanol–water partition coefficient (Wildman–Crippen LogP) is 3.65. The molecule has 1 aromatic carbocycles. The van der Waals surface area contributed by atoms with Gasteiger partial charge in [0.15, 0.2) is 11.5 Å². The normalized spacial score (nSPS) is 15.5. The van der Waals surface area contributed by atoms with Gasteiger partial charge in [-0.2, -0.15) is 4.98 Å². The fourth-order valence-electron chi connectivity index (χ4n) is 4.51. The molecule has 1 aliphatic heterocycles. The minimum absolute atomic E-state index is 0.230. The Kier molecular flexibility index (Phi) is 9.61. The molecule has 2 heterocycles. The van der Waals surface area contributed by atoms with Crippen molar-refractivity contribution in [2.24, 2.45) is 15.9 Å². The number of hydrogen-bond donors (Lipinski definition) is 0. The Labute approximate surface area is 219 Å². The van der Waals surface area contributed by atoms with Gasteiger partial charge in [-0.3, -0.25) is 24.1 Å². The van der Waals surface area contributed by atoms with Gasteiger partial charge in [0.1, 0.15) is 0 Å². The maximum Gasteiger partial charge on any atom is 0.274 e. The summed E-state index contributed by atoms with van der Waals surface area (Å²) in [4.78, 5) is 44.2. The van der Waals surface area contributed by atoms with E-state index in [1.807, 2.05) is 35.8 Å². The van der Waals surface area contributed by atoms with Gasteiger partial charge < -0.3 is 14.7 Å². The van der Waals surface area contributed by atoms with E-state index in [0.29, 0.717) is 49.4 Å². The van der Waals surface area contributed by atoms with E-state index in [4.69, 9.17) is 4.98 Å². The van der Waals surface area contributed by atoms with Crippen molar-refractivity contribution >= 4 is 42.2 Å². The number of carbonyl (C=O) groups is 2. The molecule has 196 valence electrons. The van der Waals surface area contributed by atoms with Crippen molar-refractivity contribution in [2.75, 3.05) is 50.1 Å². The monoisotopic (exact) mass is 503 g/mol. The fourth-order valence-corrected chi connectivity index (χ4v) is 4.51. The smallest absolute Gasteiger partial charge is 0.274 e. The molecule has 1 atom stereocenters. The molecule has 0 aliphatic carbocycles. The number of hydrogen-bond acceptors (Lipinski definition) is 6. The van der Waals surface area contributed by atoms with Crippen molar-refractivity contribution in [3.63, 3.8) is 0 Å². The number of nitrogens with zero attached hydrogens (tertiary/aromatic N) is 7. The first-order chi connectivity index (χ1) is 17.8. The van der Waals surface area contributed by atoms with Gasteiger partial charge in [-0.05, 0) is 45.4 Å². The van der Waals surface area contributed by atoms with Crippen molar-refractivity contribution in [3.8, 4) is 11.8 Å².